The number of aliphatic carboxylic acids is 1. The van der Waals surface area contributed by atoms with Crippen molar-refractivity contribution in [3.63, 3.8) is 0 Å². The first-order valence-corrected chi connectivity index (χ1v) is 8.60. The number of aliphatic hydroxyl groups is 1. The Bertz CT molecular complexity index is 708. The van der Waals surface area contributed by atoms with Gasteiger partial charge in [0, 0.05) is 6.08 Å². The van der Waals surface area contributed by atoms with E-state index in [-0.39, 0.29) is 12.2 Å². The zero-order valence-corrected chi connectivity index (χ0v) is 16.0. The zero-order valence-electron chi connectivity index (χ0n) is 16.0. The van der Waals surface area contributed by atoms with Gasteiger partial charge in [0.15, 0.2) is 0 Å². The first-order valence-electron chi connectivity index (χ1n) is 8.60. The number of benzene rings is 1. The fraction of sp³-hybridized carbons (Fsp3) is 0.421. The van der Waals surface area contributed by atoms with Crippen LogP contribution in [-0.2, 0) is 20.7 Å². The molecule has 0 fully saturated rings. The maximum atomic E-state index is 12.4. The number of carboxylic acid groups (broad SMARTS) is 1. The lowest BCUT2D eigenvalue weighted by Gasteiger charge is -2.23. The molecule has 0 spiro atoms. The highest BCUT2D eigenvalue weighted by molar-refractivity contribution is 5.86. The number of hydrogen-bond donors (Lipinski definition) is 5. The Morgan fingerprint density at radius 1 is 1.14 bits per heavy atom. The second kappa shape index (κ2) is 10.3. The lowest BCUT2D eigenvalue weighted by atomic mass is 10.0. The van der Waals surface area contributed by atoms with Crippen LogP contribution in [0.15, 0.2) is 36.4 Å². The van der Waals surface area contributed by atoms with Gasteiger partial charge in [-0.15, -0.1) is 0 Å². The van der Waals surface area contributed by atoms with E-state index in [0.29, 0.717) is 0 Å². The van der Waals surface area contributed by atoms with E-state index in [2.05, 4.69) is 10.6 Å². The van der Waals surface area contributed by atoms with E-state index < -0.39 is 42.3 Å². The van der Waals surface area contributed by atoms with E-state index in [1.165, 1.54) is 18.2 Å². The van der Waals surface area contributed by atoms with Crippen molar-refractivity contribution in [1.82, 2.24) is 10.6 Å². The summed E-state index contributed by atoms with van der Waals surface area (Å²) in [5.41, 5.74) is -0.0366. The van der Waals surface area contributed by atoms with Crippen molar-refractivity contribution in [3.05, 3.63) is 42.0 Å². The number of amides is 2. The fourth-order valence-corrected chi connectivity index (χ4v) is 2.18. The monoisotopic (exact) mass is 394 g/mol. The molecule has 2 amide bonds. The van der Waals surface area contributed by atoms with E-state index in [1.807, 2.05) is 0 Å². The van der Waals surface area contributed by atoms with Crippen molar-refractivity contribution in [2.75, 3.05) is 6.61 Å². The van der Waals surface area contributed by atoms with Gasteiger partial charge in [-0.2, -0.15) is 0 Å². The number of rotatable bonds is 8. The summed E-state index contributed by atoms with van der Waals surface area (Å²) < 4.78 is 5.05. The summed E-state index contributed by atoms with van der Waals surface area (Å²) in [6.07, 6.45) is 1.55. The number of carbonyl (C=O) groups is 3. The van der Waals surface area contributed by atoms with Gasteiger partial charge in [-0.1, -0.05) is 18.2 Å². The van der Waals surface area contributed by atoms with E-state index in [9.17, 15) is 24.6 Å². The van der Waals surface area contributed by atoms with Crippen LogP contribution in [0.2, 0.25) is 0 Å². The quantitative estimate of drug-likeness (QED) is 0.413. The molecule has 0 heterocycles. The molecule has 0 aliphatic heterocycles. The average molecular weight is 394 g/mol. The third-order valence-corrected chi connectivity index (χ3v) is 3.38. The summed E-state index contributed by atoms with van der Waals surface area (Å²) in [5.74, 6) is -1.81. The Morgan fingerprint density at radius 2 is 1.75 bits per heavy atom. The number of carbonyl (C=O) groups excluding carboxylic acids is 2. The highest BCUT2D eigenvalue weighted by Gasteiger charge is 2.25. The van der Waals surface area contributed by atoms with Gasteiger partial charge in [0.25, 0.3) is 0 Å². The molecule has 0 aliphatic rings. The molecule has 0 saturated heterocycles. The minimum Gasteiger partial charge on any atom is -0.508 e. The molecule has 9 heteroatoms. The molecule has 0 saturated carbocycles. The molecule has 2 atom stereocenters. The SMILES string of the molecule is CC(C)(C)OC(=O)N[C@@H](CO)C(=O)N[C@H](/C=C/C(=O)O)Cc1ccc(O)cc1. The van der Waals surface area contributed by atoms with Gasteiger partial charge in [0.05, 0.1) is 12.6 Å². The number of aromatic hydroxyl groups is 1. The first kappa shape index (κ1) is 23.0. The summed E-state index contributed by atoms with van der Waals surface area (Å²) >= 11 is 0. The molecule has 0 aromatic heterocycles. The third kappa shape index (κ3) is 9.04. The molecule has 154 valence electrons. The average Bonchev–Trinajstić information content (AvgIpc) is 2.57. The summed E-state index contributed by atoms with van der Waals surface area (Å²) in [5, 5.41) is 32.4. The standard InChI is InChI=1S/C19H26N2O7/c1-19(2,3)28-18(27)21-15(11-22)17(26)20-13(6-9-16(24)25)10-12-4-7-14(23)8-5-12/h4-9,13,15,22-23H,10-11H2,1-3H3,(H,20,26)(H,21,27)(H,24,25)/b9-6+/t13-,15+/m1/s1. The molecule has 0 radical (unpaired) electrons. The van der Waals surface area contributed by atoms with Crippen LogP contribution in [-0.4, -0.2) is 57.6 Å². The Kier molecular flexibility index (Phi) is 8.46. The van der Waals surface area contributed by atoms with Crippen molar-refractivity contribution in [2.24, 2.45) is 0 Å². The van der Waals surface area contributed by atoms with Crippen LogP contribution in [0.4, 0.5) is 4.79 Å². The molecule has 0 bridgehead atoms. The number of carboxylic acids is 1. The fourth-order valence-electron chi connectivity index (χ4n) is 2.18. The van der Waals surface area contributed by atoms with Crippen LogP contribution in [0.1, 0.15) is 26.3 Å². The van der Waals surface area contributed by atoms with Crippen LogP contribution in [0, 0.1) is 0 Å². The van der Waals surface area contributed by atoms with Crippen LogP contribution in [0.3, 0.4) is 0 Å². The molecule has 1 aromatic carbocycles. The smallest absolute Gasteiger partial charge is 0.408 e. The Balaban J connectivity index is 2.83. The second-order valence-electron chi connectivity index (χ2n) is 7.06. The largest absolute Gasteiger partial charge is 0.508 e. The number of hydrogen-bond acceptors (Lipinski definition) is 6. The predicted octanol–water partition coefficient (Wildman–Crippen LogP) is 0.946. The van der Waals surface area contributed by atoms with Gasteiger partial charge in [-0.05, 0) is 44.9 Å². The number of aliphatic hydroxyl groups excluding tert-OH is 1. The lowest BCUT2D eigenvalue weighted by molar-refractivity contribution is -0.131. The molecule has 9 nitrogen and oxygen atoms in total. The van der Waals surface area contributed by atoms with E-state index >= 15 is 0 Å². The molecule has 1 aromatic rings. The summed E-state index contributed by atoms with van der Waals surface area (Å²) in [7, 11) is 0. The molecular formula is C19H26N2O7. The predicted molar refractivity (Wildman–Crippen MR) is 101 cm³/mol. The van der Waals surface area contributed by atoms with Crippen molar-refractivity contribution in [2.45, 2.75) is 44.9 Å². The highest BCUT2D eigenvalue weighted by atomic mass is 16.6. The van der Waals surface area contributed by atoms with Gasteiger partial charge >= 0.3 is 12.1 Å². The van der Waals surface area contributed by atoms with Crippen LogP contribution >= 0.6 is 0 Å². The normalized spacial score (nSPS) is 13.6. The van der Waals surface area contributed by atoms with Gasteiger partial charge in [-0.25, -0.2) is 9.59 Å². The zero-order chi connectivity index (χ0) is 21.3. The maximum Gasteiger partial charge on any atom is 0.408 e. The van der Waals surface area contributed by atoms with E-state index in [0.717, 1.165) is 11.6 Å². The van der Waals surface area contributed by atoms with Gasteiger partial charge in [-0.3, -0.25) is 4.79 Å². The van der Waals surface area contributed by atoms with E-state index in [1.54, 1.807) is 32.9 Å². The van der Waals surface area contributed by atoms with Crippen LogP contribution in [0.25, 0.3) is 0 Å². The summed E-state index contributed by atoms with van der Waals surface area (Å²) in [6.45, 7) is 4.31. The van der Waals surface area contributed by atoms with Crippen molar-refractivity contribution < 1.29 is 34.4 Å². The van der Waals surface area contributed by atoms with Crippen molar-refractivity contribution in [3.8, 4) is 5.75 Å². The third-order valence-electron chi connectivity index (χ3n) is 3.38. The molecule has 5 N–H and O–H groups in total. The summed E-state index contributed by atoms with van der Waals surface area (Å²) in [6, 6.07) is 4.21. The topological polar surface area (TPSA) is 145 Å². The number of phenols is 1. The minimum absolute atomic E-state index is 0.0762. The second-order valence-corrected chi connectivity index (χ2v) is 7.06. The van der Waals surface area contributed by atoms with Gasteiger partial charge in [0.2, 0.25) is 5.91 Å². The Morgan fingerprint density at radius 3 is 2.25 bits per heavy atom. The van der Waals surface area contributed by atoms with Gasteiger partial charge in [0.1, 0.15) is 17.4 Å². The Hall–Kier alpha value is -3.07. The maximum absolute atomic E-state index is 12.4. The Labute approximate surface area is 163 Å². The van der Waals surface area contributed by atoms with Crippen molar-refractivity contribution in [1.29, 1.82) is 0 Å². The number of nitrogens with one attached hydrogen (secondary N) is 2. The van der Waals surface area contributed by atoms with Crippen LogP contribution in [0.5, 0.6) is 5.75 Å². The molecule has 1 rings (SSSR count). The van der Waals surface area contributed by atoms with E-state index in [4.69, 9.17) is 9.84 Å². The van der Waals surface area contributed by atoms with Gasteiger partial charge < -0.3 is 30.7 Å². The number of alkyl carbamates (subject to hydrolysis) is 1. The molecular weight excluding hydrogens is 368 g/mol. The summed E-state index contributed by atoms with van der Waals surface area (Å²) in [4.78, 5) is 35.0. The first-order chi connectivity index (χ1) is 13.0. The minimum atomic E-state index is -1.27. The number of ether oxygens (including phenoxy) is 1. The molecule has 28 heavy (non-hydrogen) atoms. The lowest BCUT2D eigenvalue weighted by Crippen LogP contribution is -2.52. The highest BCUT2D eigenvalue weighted by Crippen LogP contribution is 2.12. The number of phenolic OH excluding ortho intramolecular Hbond substituents is 1. The van der Waals surface area contributed by atoms with Crippen LogP contribution < -0.4 is 10.6 Å². The molecule has 0 unspecified atom stereocenters. The molecule has 0 aliphatic carbocycles. The van der Waals surface area contributed by atoms with Crippen molar-refractivity contribution >= 4 is 18.0 Å².